The molecule has 2 aliphatic carbocycles. The lowest BCUT2D eigenvalue weighted by Gasteiger charge is -2.21. The van der Waals surface area contributed by atoms with Crippen molar-refractivity contribution in [3.8, 4) is 11.3 Å². The first-order valence-electron chi connectivity index (χ1n) is 9.06. The summed E-state index contributed by atoms with van der Waals surface area (Å²) in [4.78, 5) is 28.1. The van der Waals surface area contributed by atoms with Crippen LogP contribution in [0, 0.1) is 0 Å². The van der Waals surface area contributed by atoms with Gasteiger partial charge in [0.15, 0.2) is 11.6 Å². The summed E-state index contributed by atoms with van der Waals surface area (Å²) in [5.41, 5.74) is 6.74. The van der Waals surface area contributed by atoms with Crippen molar-refractivity contribution in [2.75, 3.05) is 0 Å². The lowest BCUT2D eigenvalue weighted by molar-refractivity contribution is -0.115. The van der Waals surface area contributed by atoms with Crippen LogP contribution in [0.15, 0.2) is 84.0 Å². The molecule has 0 fully saturated rings. The van der Waals surface area contributed by atoms with Crippen molar-refractivity contribution in [1.82, 2.24) is 4.98 Å². The van der Waals surface area contributed by atoms with E-state index in [1.165, 1.54) is 12.2 Å². The molecule has 3 heteroatoms. The van der Waals surface area contributed by atoms with Crippen LogP contribution in [-0.2, 0) is 9.59 Å². The monoisotopic (exact) mass is 351 g/mol. The molecule has 0 bridgehead atoms. The van der Waals surface area contributed by atoms with Crippen molar-refractivity contribution in [3.63, 3.8) is 0 Å². The first kappa shape index (κ1) is 15.8. The summed E-state index contributed by atoms with van der Waals surface area (Å²) in [6.07, 6.45) is 5.89. The predicted molar refractivity (Wildman–Crippen MR) is 107 cm³/mol. The summed E-state index contributed by atoms with van der Waals surface area (Å²) in [5.74, 6) is -0.0848. The highest BCUT2D eigenvalue weighted by Gasteiger charge is 2.28. The number of H-pyrrole nitrogens is 1. The fraction of sp³-hybridized carbons (Fsp3) is 0.0833. The van der Waals surface area contributed by atoms with Crippen LogP contribution in [0.25, 0.3) is 27.7 Å². The minimum atomic E-state index is -0.0451. The molecule has 0 saturated carbocycles. The lowest BCUT2D eigenvalue weighted by atomic mass is 9.81. The Labute approximate surface area is 156 Å². The van der Waals surface area contributed by atoms with Crippen molar-refractivity contribution in [1.29, 1.82) is 0 Å². The minimum Gasteiger partial charge on any atom is -0.354 e. The fourth-order valence-corrected chi connectivity index (χ4v) is 4.04. The average Bonchev–Trinajstić information content (AvgIpc) is 3.11. The zero-order chi connectivity index (χ0) is 18.4. The Morgan fingerprint density at radius 1 is 0.778 bits per heavy atom. The maximum absolute atomic E-state index is 12.4. The Bertz CT molecular complexity index is 1190. The number of hydrogen-bond acceptors (Lipinski definition) is 2. The molecule has 0 unspecified atom stereocenters. The Morgan fingerprint density at radius 2 is 1.48 bits per heavy atom. The van der Waals surface area contributed by atoms with Gasteiger partial charge in [0, 0.05) is 34.0 Å². The number of aromatic amines is 1. The first-order chi connectivity index (χ1) is 13.2. The molecule has 0 aliphatic heterocycles. The van der Waals surface area contributed by atoms with Crippen LogP contribution in [0.4, 0.5) is 0 Å². The number of rotatable bonds is 2. The molecular formula is C24H17NO2. The average molecular weight is 351 g/mol. The highest BCUT2D eigenvalue weighted by atomic mass is 16.1. The standard InChI is InChI=1S/C24H17NO2/c26-21-12-13-22(27)19-14-16(10-11-17(19)21)23-18-8-4-5-9-20(18)25-24(23)15-6-2-1-3-7-15/h1-10,12-13,25H,11,14H2. The molecule has 0 amide bonds. The number of aromatic nitrogens is 1. The van der Waals surface area contributed by atoms with Gasteiger partial charge in [0.05, 0.1) is 5.69 Å². The molecule has 130 valence electrons. The third kappa shape index (κ3) is 2.51. The second-order valence-corrected chi connectivity index (χ2v) is 6.92. The fourth-order valence-electron chi connectivity index (χ4n) is 4.04. The second kappa shape index (κ2) is 6.06. The van der Waals surface area contributed by atoms with Gasteiger partial charge in [-0.3, -0.25) is 9.59 Å². The molecule has 1 N–H and O–H groups in total. The maximum atomic E-state index is 12.4. The van der Waals surface area contributed by atoms with E-state index in [4.69, 9.17) is 0 Å². The van der Waals surface area contributed by atoms with Crippen LogP contribution in [0.2, 0.25) is 0 Å². The molecule has 2 aromatic carbocycles. The van der Waals surface area contributed by atoms with Gasteiger partial charge in [-0.25, -0.2) is 0 Å². The summed E-state index contributed by atoms with van der Waals surface area (Å²) in [5, 5.41) is 1.14. The zero-order valence-corrected chi connectivity index (χ0v) is 14.7. The number of benzene rings is 2. The number of ketones is 2. The van der Waals surface area contributed by atoms with Gasteiger partial charge >= 0.3 is 0 Å². The van der Waals surface area contributed by atoms with Crippen LogP contribution in [0.1, 0.15) is 18.4 Å². The molecule has 0 atom stereocenters. The van der Waals surface area contributed by atoms with Crippen molar-refractivity contribution in [2.24, 2.45) is 0 Å². The van der Waals surface area contributed by atoms with E-state index in [1.807, 2.05) is 30.3 Å². The van der Waals surface area contributed by atoms with Gasteiger partial charge in [0.25, 0.3) is 0 Å². The van der Waals surface area contributed by atoms with Crippen LogP contribution in [0.3, 0.4) is 0 Å². The zero-order valence-electron chi connectivity index (χ0n) is 14.7. The molecule has 3 aromatic rings. The van der Waals surface area contributed by atoms with Gasteiger partial charge in [0.1, 0.15) is 0 Å². The second-order valence-electron chi connectivity index (χ2n) is 6.92. The van der Waals surface area contributed by atoms with Crippen LogP contribution in [-0.4, -0.2) is 16.6 Å². The van der Waals surface area contributed by atoms with E-state index >= 15 is 0 Å². The maximum Gasteiger partial charge on any atom is 0.182 e. The summed E-state index contributed by atoms with van der Waals surface area (Å²) in [7, 11) is 0. The smallest absolute Gasteiger partial charge is 0.182 e. The summed E-state index contributed by atoms with van der Waals surface area (Å²) in [6.45, 7) is 0. The number of para-hydroxylation sites is 1. The normalized spacial score (nSPS) is 16.7. The third-order valence-corrected chi connectivity index (χ3v) is 5.35. The van der Waals surface area contributed by atoms with Gasteiger partial charge in [-0.2, -0.15) is 0 Å². The van der Waals surface area contributed by atoms with E-state index in [0.717, 1.165) is 33.3 Å². The Balaban J connectivity index is 1.68. The number of allylic oxidation sites excluding steroid dienone is 6. The molecule has 0 saturated heterocycles. The predicted octanol–water partition coefficient (Wildman–Crippen LogP) is 5.02. The van der Waals surface area contributed by atoms with Gasteiger partial charge in [0.2, 0.25) is 0 Å². The topological polar surface area (TPSA) is 49.9 Å². The van der Waals surface area contributed by atoms with Gasteiger partial charge in [-0.15, -0.1) is 0 Å². The Hall–Kier alpha value is -3.46. The molecular weight excluding hydrogens is 334 g/mol. The number of nitrogens with one attached hydrogen (secondary N) is 1. The Kier molecular flexibility index (Phi) is 3.54. The van der Waals surface area contributed by atoms with E-state index in [0.29, 0.717) is 24.0 Å². The molecule has 2 aliphatic rings. The molecule has 3 nitrogen and oxygen atoms in total. The third-order valence-electron chi connectivity index (χ3n) is 5.35. The molecule has 0 radical (unpaired) electrons. The molecule has 0 spiro atoms. The highest BCUT2D eigenvalue weighted by Crippen LogP contribution is 2.41. The molecule has 5 rings (SSSR count). The number of hydrogen-bond donors (Lipinski definition) is 1. The first-order valence-corrected chi connectivity index (χ1v) is 9.06. The van der Waals surface area contributed by atoms with Crippen LogP contribution < -0.4 is 0 Å². The van der Waals surface area contributed by atoms with E-state index in [2.05, 4.69) is 35.3 Å². The number of carbonyl (C=O) groups is 2. The van der Waals surface area contributed by atoms with E-state index < -0.39 is 0 Å². The number of fused-ring (bicyclic) bond motifs is 1. The SMILES string of the molecule is O=C1C=CC(=O)C2=C1CC=C(c1c(-c3ccccc3)[nH]c3ccccc13)C2. The quantitative estimate of drug-likeness (QED) is 0.659. The summed E-state index contributed by atoms with van der Waals surface area (Å²) in [6, 6.07) is 18.4. The van der Waals surface area contributed by atoms with Crippen molar-refractivity contribution in [3.05, 3.63) is 89.5 Å². The molecule has 1 aromatic heterocycles. The van der Waals surface area contributed by atoms with E-state index in [1.54, 1.807) is 0 Å². The van der Waals surface area contributed by atoms with Crippen molar-refractivity contribution < 1.29 is 9.59 Å². The molecule has 27 heavy (non-hydrogen) atoms. The van der Waals surface area contributed by atoms with Crippen LogP contribution >= 0.6 is 0 Å². The van der Waals surface area contributed by atoms with E-state index in [-0.39, 0.29) is 11.6 Å². The summed E-state index contributed by atoms with van der Waals surface area (Å²) >= 11 is 0. The largest absolute Gasteiger partial charge is 0.354 e. The molecule has 1 heterocycles. The van der Waals surface area contributed by atoms with Crippen molar-refractivity contribution in [2.45, 2.75) is 12.8 Å². The highest BCUT2D eigenvalue weighted by molar-refractivity contribution is 6.21. The van der Waals surface area contributed by atoms with Crippen LogP contribution in [0.5, 0.6) is 0 Å². The van der Waals surface area contributed by atoms with E-state index in [9.17, 15) is 9.59 Å². The number of carbonyl (C=O) groups excluding carboxylic acids is 2. The lowest BCUT2D eigenvalue weighted by Crippen LogP contribution is -2.17. The van der Waals surface area contributed by atoms with Gasteiger partial charge < -0.3 is 4.98 Å². The Morgan fingerprint density at radius 3 is 2.30 bits per heavy atom. The van der Waals surface area contributed by atoms with Gasteiger partial charge in [-0.05, 0) is 35.8 Å². The van der Waals surface area contributed by atoms with Gasteiger partial charge in [-0.1, -0.05) is 54.6 Å². The van der Waals surface area contributed by atoms with Crippen molar-refractivity contribution >= 4 is 28.0 Å². The minimum absolute atomic E-state index is 0.0397. The summed E-state index contributed by atoms with van der Waals surface area (Å²) < 4.78 is 0.